The number of carbonyl (C=O) groups is 2. The van der Waals surface area contributed by atoms with Gasteiger partial charge in [0.05, 0.1) is 0 Å². The molecule has 0 fully saturated rings. The standard InChI is InChI=1S/C4H9N3O3/c1-5-3(8)6-4(9)7(2)10/h10H,1-2H3,(H2,5,6,8,9). The minimum absolute atomic E-state index is 0.273. The minimum atomic E-state index is -0.876. The van der Waals surface area contributed by atoms with E-state index in [0.29, 0.717) is 0 Å². The van der Waals surface area contributed by atoms with E-state index in [1.165, 1.54) is 7.05 Å². The van der Waals surface area contributed by atoms with Gasteiger partial charge >= 0.3 is 12.1 Å². The zero-order valence-corrected chi connectivity index (χ0v) is 5.71. The number of hydrogen-bond donors (Lipinski definition) is 3. The Labute approximate surface area is 57.8 Å². The maximum atomic E-state index is 10.4. The maximum Gasteiger partial charge on any atom is 0.348 e. The van der Waals surface area contributed by atoms with Crippen LogP contribution in [-0.4, -0.2) is 36.4 Å². The van der Waals surface area contributed by atoms with Crippen LogP contribution in [0, 0.1) is 0 Å². The number of hydroxylamine groups is 2. The van der Waals surface area contributed by atoms with E-state index in [1.807, 2.05) is 5.32 Å². The van der Waals surface area contributed by atoms with Crippen LogP contribution in [0.3, 0.4) is 0 Å². The van der Waals surface area contributed by atoms with E-state index >= 15 is 0 Å². The number of hydrogen-bond acceptors (Lipinski definition) is 3. The van der Waals surface area contributed by atoms with Crippen molar-refractivity contribution >= 4 is 12.1 Å². The molecule has 0 aromatic heterocycles. The van der Waals surface area contributed by atoms with Crippen LogP contribution in [-0.2, 0) is 0 Å². The molecule has 6 heteroatoms. The molecule has 0 spiro atoms. The molecule has 0 aliphatic rings. The lowest BCUT2D eigenvalue weighted by molar-refractivity contribution is -0.0169. The normalized spacial score (nSPS) is 8.30. The highest BCUT2D eigenvalue weighted by atomic mass is 16.5. The molecule has 10 heavy (non-hydrogen) atoms. The van der Waals surface area contributed by atoms with Gasteiger partial charge in [-0.15, -0.1) is 0 Å². The monoisotopic (exact) mass is 147 g/mol. The summed E-state index contributed by atoms with van der Waals surface area (Å²) < 4.78 is 0. The molecule has 0 atom stereocenters. The second-order valence-electron chi connectivity index (χ2n) is 1.53. The zero-order valence-electron chi connectivity index (χ0n) is 5.71. The summed E-state index contributed by atoms with van der Waals surface area (Å²) in [6.07, 6.45) is 0. The van der Waals surface area contributed by atoms with E-state index in [2.05, 4.69) is 5.32 Å². The SMILES string of the molecule is CNC(=O)NC(=O)N(C)O. The third-order valence-electron chi connectivity index (χ3n) is 0.741. The van der Waals surface area contributed by atoms with E-state index in [-0.39, 0.29) is 5.06 Å². The van der Waals surface area contributed by atoms with Gasteiger partial charge < -0.3 is 5.32 Å². The molecule has 0 aromatic carbocycles. The number of carbonyl (C=O) groups excluding carboxylic acids is 2. The molecule has 0 bridgehead atoms. The Balaban J connectivity index is 3.69. The third-order valence-corrected chi connectivity index (χ3v) is 0.741. The van der Waals surface area contributed by atoms with Crippen molar-refractivity contribution in [2.75, 3.05) is 14.1 Å². The first kappa shape index (κ1) is 8.70. The second-order valence-corrected chi connectivity index (χ2v) is 1.53. The highest BCUT2D eigenvalue weighted by Crippen LogP contribution is 1.74. The molecule has 0 aromatic rings. The summed E-state index contributed by atoms with van der Waals surface area (Å²) in [6, 6.07) is -1.54. The molecule has 0 aliphatic heterocycles. The van der Waals surface area contributed by atoms with Crippen molar-refractivity contribution in [1.82, 2.24) is 15.7 Å². The Morgan fingerprint density at radius 2 is 2.00 bits per heavy atom. The zero-order chi connectivity index (χ0) is 8.15. The van der Waals surface area contributed by atoms with Crippen LogP contribution in [0.1, 0.15) is 0 Å². The van der Waals surface area contributed by atoms with Crippen LogP contribution >= 0.6 is 0 Å². The molecular weight excluding hydrogens is 138 g/mol. The summed E-state index contributed by atoms with van der Waals surface area (Å²) in [6.45, 7) is 0. The fraction of sp³-hybridized carbons (Fsp3) is 0.500. The number of amides is 4. The van der Waals surface area contributed by atoms with Crippen molar-refractivity contribution < 1.29 is 14.8 Å². The maximum absolute atomic E-state index is 10.4. The second kappa shape index (κ2) is 3.67. The Kier molecular flexibility index (Phi) is 3.20. The first-order valence-electron chi connectivity index (χ1n) is 2.53. The molecule has 0 rings (SSSR count). The largest absolute Gasteiger partial charge is 0.348 e. The molecule has 6 nitrogen and oxygen atoms in total. The highest BCUT2D eigenvalue weighted by molar-refractivity contribution is 5.92. The van der Waals surface area contributed by atoms with E-state index in [0.717, 1.165) is 7.05 Å². The molecule has 58 valence electrons. The highest BCUT2D eigenvalue weighted by Gasteiger charge is 2.07. The molecule has 0 radical (unpaired) electrons. The van der Waals surface area contributed by atoms with Gasteiger partial charge in [0, 0.05) is 14.1 Å². The van der Waals surface area contributed by atoms with Gasteiger partial charge in [0.2, 0.25) is 0 Å². The van der Waals surface area contributed by atoms with Gasteiger partial charge in [0.25, 0.3) is 0 Å². The van der Waals surface area contributed by atoms with E-state index < -0.39 is 12.1 Å². The lowest BCUT2D eigenvalue weighted by Crippen LogP contribution is -2.43. The molecule has 0 unspecified atom stereocenters. The minimum Gasteiger partial charge on any atom is -0.341 e. The average molecular weight is 147 g/mol. The number of rotatable bonds is 0. The van der Waals surface area contributed by atoms with Crippen molar-refractivity contribution in [1.29, 1.82) is 0 Å². The molecule has 4 amide bonds. The van der Waals surface area contributed by atoms with Crippen LogP contribution in [0.25, 0.3) is 0 Å². The van der Waals surface area contributed by atoms with Gasteiger partial charge in [0.15, 0.2) is 0 Å². The molecule has 0 saturated heterocycles. The van der Waals surface area contributed by atoms with Crippen molar-refractivity contribution in [3.05, 3.63) is 0 Å². The fourth-order valence-corrected chi connectivity index (χ4v) is 0.241. The van der Waals surface area contributed by atoms with Gasteiger partial charge in [-0.1, -0.05) is 0 Å². The van der Waals surface area contributed by atoms with Crippen molar-refractivity contribution in [3.63, 3.8) is 0 Å². The molecule has 0 saturated carbocycles. The quantitative estimate of drug-likeness (QED) is 0.315. The van der Waals surface area contributed by atoms with Crippen molar-refractivity contribution in [2.24, 2.45) is 0 Å². The van der Waals surface area contributed by atoms with Gasteiger partial charge in [-0.05, 0) is 0 Å². The predicted octanol–water partition coefficient (Wildman–Crippen LogP) is -0.644. The average Bonchev–Trinajstić information content (AvgIpc) is 1.87. The van der Waals surface area contributed by atoms with Gasteiger partial charge in [0.1, 0.15) is 0 Å². The van der Waals surface area contributed by atoms with E-state index in [1.54, 1.807) is 0 Å². The van der Waals surface area contributed by atoms with E-state index in [4.69, 9.17) is 5.21 Å². The lowest BCUT2D eigenvalue weighted by atomic mass is 10.8. The van der Waals surface area contributed by atoms with Gasteiger partial charge in [-0.25, -0.2) is 14.7 Å². The lowest BCUT2D eigenvalue weighted by Gasteiger charge is -2.07. The summed E-state index contributed by atoms with van der Waals surface area (Å²) in [5, 5.41) is 12.6. The van der Waals surface area contributed by atoms with Crippen molar-refractivity contribution in [2.45, 2.75) is 0 Å². The fourth-order valence-electron chi connectivity index (χ4n) is 0.241. The number of urea groups is 2. The summed E-state index contributed by atoms with van der Waals surface area (Å²) in [5.41, 5.74) is 0. The van der Waals surface area contributed by atoms with Crippen molar-refractivity contribution in [3.8, 4) is 0 Å². The molecule has 0 heterocycles. The topological polar surface area (TPSA) is 81.7 Å². The molecule has 0 aliphatic carbocycles. The number of nitrogens with one attached hydrogen (secondary N) is 2. The summed E-state index contributed by atoms with van der Waals surface area (Å²) in [4.78, 5) is 20.8. The van der Waals surface area contributed by atoms with Crippen LogP contribution in [0.5, 0.6) is 0 Å². The summed E-state index contributed by atoms with van der Waals surface area (Å²) >= 11 is 0. The van der Waals surface area contributed by atoms with Gasteiger partial charge in [-0.3, -0.25) is 10.5 Å². The molecule has 3 N–H and O–H groups in total. The van der Waals surface area contributed by atoms with E-state index in [9.17, 15) is 9.59 Å². The van der Waals surface area contributed by atoms with Crippen LogP contribution < -0.4 is 10.6 Å². The smallest absolute Gasteiger partial charge is 0.341 e. The molecular formula is C4H9N3O3. The summed E-state index contributed by atoms with van der Waals surface area (Å²) in [7, 11) is 2.47. The van der Waals surface area contributed by atoms with Crippen LogP contribution in [0.4, 0.5) is 9.59 Å². The Hall–Kier alpha value is -1.30. The van der Waals surface area contributed by atoms with Crippen LogP contribution in [0.15, 0.2) is 0 Å². The predicted molar refractivity (Wildman–Crippen MR) is 32.5 cm³/mol. The first-order valence-corrected chi connectivity index (χ1v) is 2.53. The number of imide groups is 1. The Morgan fingerprint density at radius 3 is 2.30 bits per heavy atom. The van der Waals surface area contributed by atoms with Crippen LogP contribution in [0.2, 0.25) is 0 Å². The van der Waals surface area contributed by atoms with Gasteiger partial charge in [-0.2, -0.15) is 0 Å². The third kappa shape index (κ3) is 2.88. The summed E-state index contributed by atoms with van der Waals surface area (Å²) in [5.74, 6) is 0. The Morgan fingerprint density at radius 1 is 1.50 bits per heavy atom. The number of nitrogens with zero attached hydrogens (tertiary/aromatic N) is 1. The first-order chi connectivity index (χ1) is 4.57. The Bertz CT molecular complexity index is 145.